The molecule has 0 radical (unpaired) electrons. The molecule has 0 saturated heterocycles. The van der Waals surface area contributed by atoms with E-state index in [1.54, 1.807) is 13.0 Å². The van der Waals surface area contributed by atoms with Gasteiger partial charge in [0.05, 0.1) is 16.8 Å². The monoisotopic (exact) mass is 359 g/mol. The molecule has 0 fully saturated rings. The maximum absolute atomic E-state index is 13.5. The summed E-state index contributed by atoms with van der Waals surface area (Å²) in [5, 5.41) is 0. The van der Waals surface area contributed by atoms with Crippen LogP contribution in [0.1, 0.15) is 5.56 Å². The summed E-state index contributed by atoms with van der Waals surface area (Å²) >= 11 is 3.18. The van der Waals surface area contributed by atoms with Crippen molar-refractivity contribution in [3.05, 3.63) is 46.4 Å². The van der Waals surface area contributed by atoms with E-state index >= 15 is 0 Å². The summed E-state index contributed by atoms with van der Waals surface area (Å²) in [5.74, 6) is -0.753. The van der Waals surface area contributed by atoms with Crippen molar-refractivity contribution in [2.45, 2.75) is 11.8 Å². The van der Waals surface area contributed by atoms with Gasteiger partial charge in [-0.05, 0) is 30.7 Å². The molecule has 1 heterocycles. The molecule has 0 atom stereocenters. The van der Waals surface area contributed by atoms with Crippen LogP contribution in [0.15, 0.2) is 40.0 Å². The number of pyridine rings is 1. The molecule has 2 rings (SSSR count). The highest BCUT2D eigenvalue weighted by molar-refractivity contribution is 9.10. The summed E-state index contributed by atoms with van der Waals surface area (Å²) in [6.45, 7) is 1.58. The van der Waals surface area contributed by atoms with Crippen molar-refractivity contribution < 1.29 is 12.8 Å². The standard InChI is InChI=1S/C12H11BrFN3O2S/c1-7-10(15)4-8(13)5-12(7)20(18,19)17-11-2-3-16-6-9(11)14/h2-6H,15H2,1H3,(H,16,17). The molecule has 106 valence electrons. The average molecular weight is 360 g/mol. The van der Waals surface area contributed by atoms with Gasteiger partial charge in [-0.25, -0.2) is 12.8 Å². The van der Waals surface area contributed by atoms with Crippen LogP contribution in [0, 0.1) is 12.7 Å². The SMILES string of the molecule is Cc1c(N)cc(Br)cc1S(=O)(=O)Nc1ccncc1F. The number of halogens is 2. The number of nitrogen functional groups attached to an aromatic ring is 1. The van der Waals surface area contributed by atoms with E-state index in [9.17, 15) is 12.8 Å². The first kappa shape index (κ1) is 14.7. The van der Waals surface area contributed by atoms with Gasteiger partial charge in [0.15, 0.2) is 5.82 Å². The highest BCUT2D eigenvalue weighted by atomic mass is 79.9. The predicted octanol–water partition coefficient (Wildman–Crippen LogP) is 2.67. The zero-order chi connectivity index (χ0) is 14.9. The maximum Gasteiger partial charge on any atom is 0.262 e. The topological polar surface area (TPSA) is 85.1 Å². The second-order valence-corrected chi connectivity index (χ2v) is 6.65. The minimum absolute atomic E-state index is 0.0133. The minimum atomic E-state index is -3.94. The Hall–Kier alpha value is -1.67. The van der Waals surface area contributed by atoms with Gasteiger partial charge in [-0.1, -0.05) is 15.9 Å². The Labute approximate surface area is 124 Å². The Morgan fingerprint density at radius 3 is 2.75 bits per heavy atom. The van der Waals surface area contributed by atoms with Crippen molar-refractivity contribution in [1.29, 1.82) is 0 Å². The van der Waals surface area contributed by atoms with E-state index in [0.717, 1.165) is 6.20 Å². The molecule has 0 spiro atoms. The first-order valence-corrected chi connectivity index (χ1v) is 7.77. The lowest BCUT2D eigenvalue weighted by Crippen LogP contribution is -2.16. The highest BCUT2D eigenvalue weighted by Crippen LogP contribution is 2.28. The number of hydrogen-bond donors (Lipinski definition) is 2. The fraction of sp³-hybridized carbons (Fsp3) is 0.0833. The van der Waals surface area contributed by atoms with Crippen LogP contribution in [0.4, 0.5) is 15.8 Å². The summed E-state index contributed by atoms with van der Waals surface area (Å²) in [7, 11) is -3.94. The number of aromatic nitrogens is 1. The van der Waals surface area contributed by atoms with Crippen molar-refractivity contribution in [3.63, 3.8) is 0 Å². The van der Waals surface area contributed by atoms with Crippen LogP contribution in [-0.4, -0.2) is 13.4 Å². The third kappa shape index (κ3) is 2.91. The lowest BCUT2D eigenvalue weighted by Gasteiger charge is -2.12. The molecular formula is C12H11BrFN3O2S. The minimum Gasteiger partial charge on any atom is -0.398 e. The van der Waals surface area contributed by atoms with Crippen molar-refractivity contribution >= 4 is 37.3 Å². The summed E-state index contributed by atoms with van der Waals surface area (Å²) in [6, 6.07) is 4.25. The molecule has 0 aliphatic heterocycles. The Balaban J connectivity index is 2.49. The number of hydrogen-bond acceptors (Lipinski definition) is 4. The molecule has 0 bridgehead atoms. The van der Waals surface area contributed by atoms with Crippen LogP contribution in [-0.2, 0) is 10.0 Å². The van der Waals surface area contributed by atoms with Crippen LogP contribution < -0.4 is 10.5 Å². The van der Waals surface area contributed by atoms with Crippen LogP contribution in [0.3, 0.4) is 0 Å². The van der Waals surface area contributed by atoms with Gasteiger partial charge in [-0.15, -0.1) is 0 Å². The second kappa shape index (κ2) is 5.37. The van der Waals surface area contributed by atoms with E-state index in [1.807, 2.05) is 0 Å². The molecular weight excluding hydrogens is 349 g/mol. The summed E-state index contributed by atoms with van der Waals surface area (Å²) in [5.41, 5.74) is 6.29. The van der Waals surface area contributed by atoms with Gasteiger partial charge in [-0.2, -0.15) is 0 Å². The molecule has 1 aromatic heterocycles. The normalized spacial score (nSPS) is 11.3. The largest absolute Gasteiger partial charge is 0.398 e. The van der Waals surface area contributed by atoms with Gasteiger partial charge in [0.1, 0.15) is 0 Å². The lowest BCUT2D eigenvalue weighted by molar-refractivity contribution is 0.597. The maximum atomic E-state index is 13.5. The average Bonchev–Trinajstić information content (AvgIpc) is 2.36. The number of benzene rings is 1. The van der Waals surface area contributed by atoms with Crippen molar-refractivity contribution in [3.8, 4) is 0 Å². The Kier molecular flexibility index (Phi) is 3.96. The van der Waals surface area contributed by atoms with Gasteiger partial charge in [0.25, 0.3) is 10.0 Å². The summed E-state index contributed by atoms with van der Waals surface area (Å²) in [4.78, 5) is 3.54. The number of rotatable bonds is 3. The third-order valence-electron chi connectivity index (χ3n) is 2.67. The number of sulfonamides is 1. The Morgan fingerprint density at radius 1 is 1.40 bits per heavy atom. The fourth-order valence-corrected chi connectivity index (χ4v) is 3.61. The first-order chi connectivity index (χ1) is 9.31. The van der Waals surface area contributed by atoms with Gasteiger partial charge in [0.2, 0.25) is 0 Å². The number of nitrogens with one attached hydrogen (secondary N) is 1. The van der Waals surface area contributed by atoms with Crippen LogP contribution >= 0.6 is 15.9 Å². The van der Waals surface area contributed by atoms with Crippen LogP contribution in [0.25, 0.3) is 0 Å². The van der Waals surface area contributed by atoms with Crippen molar-refractivity contribution in [2.75, 3.05) is 10.5 Å². The van der Waals surface area contributed by atoms with E-state index in [-0.39, 0.29) is 10.6 Å². The predicted molar refractivity (Wildman–Crippen MR) is 78.3 cm³/mol. The number of nitrogens with two attached hydrogens (primary N) is 1. The van der Waals surface area contributed by atoms with Crippen LogP contribution in [0.2, 0.25) is 0 Å². The van der Waals surface area contributed by atoms with E-state index in [4.69, 9.17) is 5.73 Å². The Morgan fingerprint density at radius 2 is 2.10 bits per heavy atom. The molecule has 0 unspecified atom stereocenters. The zero-order valence-electron chi connectivity index (χ0n) is 10.4. The van der Waals surface area contributed by atoms with Gasteiger partial charge >= 0.3 is 0 Å². The first-order valence-electron chi connectivity index (χ1n) is 5.49. The van der Waals surface area contributed by atoms with Crippen molar-refractivity contribution in [1.82, 2.24) is 4.98 Å². The van der Waals surface area contributed by atoms with E-state index in [2.05, 4.69) is 25.6 Å². The van der Waals surface area contributed by atoms with Crippen molar-refractivity contribution in [2.24, 2.45) is 0 Å². The molecule has 5 nitrogen and oxygen atoms in total. The van der Waals surface area contributed by atoms with Gasteiger partial charge < -0.3 is 5.73 Å². The molecule has 1 aromatic carbocycles. The molecule has 0 saturated carbocycles. The number of anilines is 2. The lowest BCUT2D eigenvalue weighted by atomic mass is 10.2. The molecule has 3 N–H and O–H groups in total. The molecule has 0 aliphatic carbocycles. The fourth-order valence-electron chi connectivity index (χ4n) is 1.61. The third-order valence-corrected chi connectivity index (χ3v) is 4.62. The second-order valence-electron chi connectivity index (χ2n) is 4.08. The van der Waals surface area contributed by atoms with Gasteiger partial charge in [0, 0.05) is 16.4 Å². The molecule has 2 aromatic rings. The van der Waals surface area contributed by atoms with E-state index in [1.165, 1.54) is 18.3 Å². The smallest absolute Gasteiger partial charge is 0.262 e. The molecule has 0 aliphatic rings. The molecule has 0 amide bonds. The zero-order valence-corrected chi connectivity index (χ0v) is 12.8. The number of nitrogens with zero attached hydrogens (tertiary/aromatic N) is 1. The summed E-state index contributed by atoms with van der Waals surface area (Å²) in [6.07, 6.45) is 2.23. The van der Waals surface area contributed by atoms with Crippen LogP contribution in [0.5, 0.6) is 0 Å². The van der Waals surface area contributed by atoms with E-state index < -0.39 is 15.8 Å². The highest BCUT2D eigenvalue weighted by Gasteiger charge is 2.20. The van der Waals surface area contributed by atoms with E-state index in [0.29, 0.717) is 15.7 Å². The Bertz CT molecular complexity index is 765. The molecule has 20 heavy (non-hydrogen) atoms. The summed E-state index contributed by atoms with van der Waals surface area (Å²) < 4.78 is 40.8. The quantitative estimate of drug-likeness (QED) is 0.825. The molecule has 8 heteroatoms. The van der Waals surface area contributed by atoms with Gasteiger partial charge in [-0.3, -0.25) is 9.71 Å².